The van der Waals surface area contributed by atoms with Gasteiger partial charge in [-0.05, 0) is 0 Å². The van der Waals surface area contributed by atoms with Gasteiger partial charge in [-0.15, -0.1) is 0 Å². The van der Waals surface area contributed by atoms with Gasteiger partial charge in [0.2, 0.25) is 0 Å². The van der Waals surface area contributed by atoms with Crippen molar-refractivity contribution in [3.05, 3.63) is 0 Å². The van der Waals surface area contributed by atoms with E-state index in [1.807, 2.05) is 0 Å². The van der Waals surface area contributed by atoms with E-state index in [0.717, 1.165) is 0 Å². The Morgan fingerprint density at radius 3 is 1.00 bits per heavy atom. The second kappa shape index (κ2) is 4.65. The Balaban J connectivity index is 0. The first kappa shape index (κ1) is 9.17. The van der Waals surface area contributed by atoms with Crippen LogP contribution in [0.4, 0.5) is 0 Å². The van der Waals surface area contributed by atoms with Gasteiger partial charge in [0.05, 0.1) is 0 Å². The molecule has 0 radical (unpaired) electrons. The number of rotatable bonds is 0. The third-order valence-corrected chi connectivity index (χ3v) is 0. The van der Waals surface area contributed by atoms with E-state index in [2.05, 4.69) is 15.9 Å². The van der Waals surface area contributed by atoms with Crippen LogP contribution in [0.1, 0.15) is 0 Å². The predicted octanol–water partition coefficient (Wildman–Crippen LogP) is 1.57. The van der Waals surface area contributed by atoms with Crippen molar-refractivity contribution in [2.75, 3.05) is 0 Å². The maximum Gasteiger partial charge on any atom is -0.870 e. The number of hydrogen-bond acceptors (Lipinski definition) is 1. The third kappa shape index (κ3) is 77.6. The molecule has 0 aromatic carbocycles. The molecule has 0 saturated carbocycles. The van der Waals surface area contributed by atoms with Crippen LogP contribution in [-0.2, 0) is 17.3 Å². The Kier molecular flexibility index (Phi) is 8.52. The molecule has 0 rings (SSSR count). The molecule has 5 heavy (non-hydrogen) atoms. The summed E-state index contributed by atoms with van der Waals surface area (Å²) in [6.07, 6.45) is 0. The largest absolute Gasteiger partial charge is 0.870 e. The fourth-order valence-corrected chi connectivity index (χ4v) is 0. The van der Waals surface area contributed by atoms with Crippen molar-refractivity contribution >= 4 is 0 Å². The first-order valence-corrected chi connectivity index (χ1v) is 7.77. The molecule has 0 amide bonds. The van der Waals surface area contributed by atoms with Crippen LogP contribution in [0.25, 0.3) is 0 Å². The summed E-state index contributed by atoms with van der Waals surface area (Å²) >= 11 is -0.269. The van der Waals surface area contributed by atoms with E-state index in [9.17, 15) is 0 Å². The van der Waals surface area contributed by atoms with E-state index in [0.29, 0.717) is 0 Å². The van der Waals surface area contributed by atoms with Crippen molar-refractivity contribution in [1.29, 1.82) is 0 Å². The Morgan fingerprint density at radius 1 is 1.00 bits per heavy atom. The van der Waals surface area contributed by atoms with Crippen LogP contribution in [0.2, 0.25) is 15.9 Å². The molecule has 0 heterocycles. The zero-order valence-electron chi connectivity index (χ0n) is 3.76. The van der Waals surface area contributed by atoms with Crippen molar-refractivity contribution in [3.8, 4) is 0 Å². The topological polar surface area (TPSA) is 30.0 Å². The van der Waals surface area contributed by atoms with Gasteiger partial charge in [-0.3, -0.25) is 0 Å². The fraction of sp³-hybridized carbons (Fsp3) is 1.00. The van der Waals surface area contributed by atoms with Crippen LogP contribution in [0.5, 0.6) is 0 Å². The van der Waals surface area contributed by atoms with Gasteiger partial charge in [0.25, 0.3) is 0 Å². The summed E-state index contributed by atoms with van der Waals surface area (Å²) in [5.74, 6) is 0. The molecule has 0 aromatic heterocycles. The molecule has 0 spiro atoms. The summed E-state index contributed by atoms with van der Waals surface area (Å²) in [5, 5.41) is 6.97. The molecule has 0 aliphatic carbocycles. The molecule has 0 aliphatic heterocycles. The smallest absolute Gasteiger partial charge is 0.870 e. The van der Waals surface area contributed by atoms with Crippen LogP contribution < -0.4 is 0 Å². The molecule has 0 aromatic rings. The second-order valence-electron chi connectivity index (χ2n) is 0.949. The zero-order valence-corrected chi connectivity index (χ0v) is 6.04. The van der Waals surface area contributed by atoms with Crippen molar-refractivity contribution in [2.45, 2.75) is 15.9 Å². The van der Waals surface area contributed by atoms with Gasteiger partial charge in [-0.2, -0.15) is 0 Å². The third-order valence-electron chi connectivity index (χ3n) is 0. The first-order chi connectivity index (χ1) is 1.73. The van der Waals surface area contributed by atoms with Gasteiger partial charge in [-0.25, -0.2) is 0 Å². The molecule has 1 nitrogen and oxygen atoms in total. The molecule has 2 heteroatoms. The van der Waals surface area contributed by atoms with Crippen LogP contribution in [0, 0.1) is 0 Å². The van der Waals surface area contributed by atoms with Crippen molar-refractivity contribution in [2.24, 2.45) is 0 Å². The van der Waals surface area contributed by atoms with Gasteiger partial charge in [0.15, 0.2) is 0 Å². The summed E-state index contributed by atoms with van der Waals surface area (Å²) < 4.78 is 0. The van der Waals surface area contributed by atoms with Gasteiger partial charge in [-0.1, -0.05) is 0 Å². The normalized spacial score (nSPS) is 9.00. The van der Waals surface area contributed by atoms with Crippen LogP contribution in [0.3, 0.4) is 0 Å². The summed E-state index contributed by atoms with van der Waals surface area (Å²) in [5.41, 5.74) is 0. The molecular weight excluding hydrogens is 247 g/mol. The molecule has 0 bridgehead atoms. The van der Waals surface area contributed by atoms with E-state index in [1.165, 1.54) is 0 Å². The van der Waals surface area contributed by atoms with Gasteiger partial charge in [0, 0.05) is 0 Å². The minimum absolute atomic E-state index is 0. The maximum absolute atomic E-state index is 2.32. The zero-order chi connectivity index (χ0) is 3.58. The number of hydrogen-bond donors (Lipinski definition) is 0. The Morgan fingerprint density at radius 2 is 1.00 bits per heavy atom. The predicted molar refractivity (Wildman–Crippen MR) is 19.5 cm³/mol. The van der Waals surface area contributed by atoms with Crippen molar-refractivity contribution < 1.29 is 22.8 Å². The Hall–Kier alpha value is 0.648. The minimum atomic E-state index is -0.269. The minimum Gasteiger partial charge on any atom is -0.870 e. The molecule has 0 aliphatic rings. The second-order valence-corrected chi connectivity index (χ2v) is 7.77. The van der Waals surface area contributed by atoms with Crippen molar-refractivity contribution in [3.63, 3.8) is 0 Å². The molecule has 0 fully saturated rings. The monoisotopic (exact) mass is 257 g/mol. The fourth-order valence-electron chi connectivity index (χ4n) is 0. The average molecular weight is 257 g/mol. The first-order valence-electron chi connectivity index (χ1n) is 0.949. The van der Waals surface area contributed by atoms with Crippen LogP contribution in [-0.4, -0.2) is 5.48 Å². The SMILES string of the molecule is [CH3][Pt+]([CH3])[CH3].[OH-]. The quantitative estimate of drug-likeness (QED) is 0.648. The molecule has 0 atom stereocenters. The van der Waals surface area contributed by atoms with E-state index < -0.39 is 0 Å². The molecule has 0 unspecified atom stereocenters. The molecule has 0 saturated heterocycles. The summed E-state index contributed by atoms with van der Waals surface area (Å²) in [4.78, 5) is 0. The van der Waals surface area contributed by atoms with E-state index in [1.54, 1.807) is 0 Å². The average Bonchev–Trinajstić information content (AvgIpc) is 0.811. The maximum atomic E-state index is 2.32. The van der Waals surface area contributed by atoms with E-state index in [4.69, 9.17) is 0 Å². The van der Waals surface area contributed by atoms with Gasteiger partial charge >= 0.3 is 33.3 Å². The summed E-state index contributed by atoms with van der Waals surface area (Å²) in [6, 6.07) is 0. The van der Waals surface area contributed by atoms with Crippen molar-refractivity contribution in [1.82, 2.24) is 0 Å². The summed E-state index contributed by atoms with van der Waals surface area (Å²) in [7, 11) is 0. The molecule has 1 N–H and O–H groups in total. The van der Waals surface area contributed by atoms with Gasteiger partial charge in [0.1, 0.15) is 0 Å². The standard InChI is InChI=1S/3CH3.H2O.Pt/h3*1H3;1H2;/q;;;;+1/p-1. The summed E-state index contributed by atoms with van der Waals surface area (Å²) in [6.45, 7) is 0. The van der Waals surface area contributed by atoms with Gasteiger partial charge < -0.3 is 5.48 Å². The van der Waals surface area contributed by atoms with E-state index in [-0.39, 0.29) is 22.8 Å². The molecular formula is C3H10OPt. The van der Waals surface area contributed by atoms with E-state index >= 15 is 0 Å². The Bertz CT molecular complexity index is 11.6. The van der Waals surface area contributed by atoms with Crippen LogP contribution in [0.15, 0.2) is 0 Å². The molecule has 38 valence electrons. The Labute approximate surface area is 39.3 Å². The van der Waals surface area contributed by atoms with Crippen LogP contribution >= 0.6 is 0 Å².